The molecule has 0 amide bonds. The van der Waals surface area contributed by atoms with Crippen molar-refractivity contribution in [2.45, 2.75) is 39.0 Å². The van der Waals surface area contributed by atoms with Crippen LogP contribution in [-0.4, -0.2) is 78.3 Å². The average molecular weight is 645 g/mol. The number of aromatic nitrogens is 2. The van der Waals surface area contributed by atoms with Crippen molar-refractivity contribution >= 4 is 17.3 Å². The molecule has 47 heavy (non-hydrogen) atoms. The van der Waals surface area contributed by atoms with Crippen molar-refractivity contribution in [3.63, 3.8) is 0 Å². The normalized spacial score (nSPS) is 16.9. The maximum absolute atomic E-state index is 13.2. The molecule has 2 saturated heterocycles. The van der Waals surface area contributed by atoms with E-state index < -0.39 is 5.97 Å². The summed E-state index contributed by atoms with van der Waals surface area (Å²) in [7, 11) is 0. The number of H-pyrrole nitrogens is 1. The van der Waals surface area contributed by atoms with Crippen molar-refractivity contribution in [3.8, 4) is 22.8 Å². The summed E-state index contributed by atoms with van der Waals surface area (Å²) in [6.07, 6.45) is 2.10. The molecule has 2 aromatic heterocycles. The van der Waals surface area contributed by atoms with Crippen LogP contribution in [0.1, 0.15) is 47.6 Å². The van der Waals surface area contributed by atoms with Crippen molar-refractivity contribution in [2.75, 3.05) is 52.4 Å². The van der Waals surface area contributed by atoms with Crippen LogP contribution in [0.5, 0.6) is 5.75 Å². The number of aryl methyl sites for hydroxylation is 2. The van der Waals surface area contributed by atoms with Crippen LogP contribution in [0.25, 0.3) is 17.0 Å². The highest BCUT2D eigenvalue weighted by atomic mass is 16.4. The number of rotatable bonds is 5. The Hall–Kier alpha value is -4.56. The molecule has 4 aromatic rings. The highest BCUT2D eigenvalue weighted by Crippen LogP contribution is 2.40. The Morgan fingerprint density at radius 2 is 1.53 bits per heavy atom. The van der Waals surface area contributed by atoms with Gasteiger partial charge in [-0.25, -0.2) is 9.48 Å². The number of hydrogen-bond acceptors (Lipinski definition) is 10. The first-order valence-electron chi connectivity index (χ1n) is 16.0. The van der Waals surface area contributed by atoms with Gasteiger partial charge in [0.05, 0.1) is 16.9 Å². The van der Waals surface area contributed by atoms with Crippen molar-refractivity contribution in [2.24, 2.45) is 10.2 Å². The summed E-state index contributed by atoms with van der Waals surface area (Å²) in [4.78, 5) is 24.2. The molecule has 1 aliphatic carbocycles. The van der Waals surface area contributed by atoms with Crippen LogP contribution < -0.4 is 26.8 Å². The van der Waals surface area contributed by atoms with E-state index in [1.807, 2.05) is 12.1 Å². The number of carboxylic acids is 1. The molecule has 0 bridgehead atoms. The van der Waals surface area contributed by atoms with Crippen LogP contribution in [0.3, 0.4) is 0 Å². The number of fused-ring (bicyclic) bond motifs is 1. The lowest BCUT2D eigenvalue weighted by molar-refractivity contribution is 0.0663. The molecular weight excluding hydrogens is 600 g/mol. The predicted octanol–water partition coefficient (Wildman–Crippen LogP) is 4.14. The van der Waals surface area contributed by atoms with E-state index in [9.17, 15) is 14.7 Å². The number of benzene rings is 2. The number of hydrogen-bond donors (Lipinski definition) is 7. The van der Waals surface area contributed by atoms with Gasteiger partial charge in [0.15, 0.2) is 11.4 Å². The number of carboxylic acid groups (broad SMARTS) is 1. The number of nitrogens with one attached hydrogen (secondary N) is 5. The molecular formula is C34H44N8O5. The topological polar surface area (TPSA) is 181 Å². The summed E-state index contributed by atoms with van der Waals surface area (Å²) in [5.41, 5.74) is 4.01. The van der Waals surface area contributed by atoms with E-state index in [1.54, 1.807) is 19.1 Å². The summed E-state index contributed by atoms with van der Waals surface area (Å²) in [6, 6.07) is 13.5. The number of aromatic hydroxyl groups is 1. The van der Waals surface area contributed by atoms with Gasteiger partial charge in [-0.1, -0.05) is 26.0 Å². The van der Waals surface area contributed by atoms with E-state index in [1.165, 1.54) is 34.0 Å². The third-order valence-corrected chi connectivity index (χ3v) is 8.41. The Morgan fingerprint density at radius 3 is 2.11 bits per heavy atom. The number of azo groups is 1. The molecule has 13 heteroatoms. The Bertz CT molecular complexity index is 1730. The number of piperazine rings is 2. The minimum atomic E-state index is -1.21. The summed E-state index contributed by atoms with van der Waals surface area (Å²) in [5.74, 6) is -1.52. The van der Waals surface area contributed by atoms with Gasteiger partial charge in [-0.3, -0.25) is 9.89 Å². The van der Waals surface area contributed by atoms with Gasteiger partial charge in [0.2, 0.25) is 5.76 Å². The summed E-state index contributed by atoms with van der Waals surface area (Å²) >= 11 is 0. The monoisotopic (exact) mass is 644 g/mol. The van der Waals surface area contributed by atoms with Gasteiger partial charge in [0.1, 0.15) is 11.4 Å². The van der Waals surface area contributed by atoms with Crippen LogP contribution in [0.15, 0.2) is 68.0 Å². The fourth-order valence-corrected chi connectivity index (χ4v) is 5.69. The third kappa shape index (κ3) is 8.24. The Labute approximate surface area is 273 Å². The molecule has 0 saturated carbocycles. The van der Waals surface area contributed by atoms with Gasteiger partial charge in [-0.15, -0.1) is 10.2 Å². The first-order chi connectivity index (χ1) is 22.7. The van der Waals surface area contributed by atoms with Crippen molar-refractivity contribution in [1.29, 1.82) is 0 Å². The van der Waals surface area contributed by atoms with Crippen molar-refractivity contribution in [3.05, 3.63) is 81.5 Å². The zero-order chi connectivity index (χ0) is 33.4. The maximum atomic E-state index is 13.2. The summed E-state index contributed by atoms with van der Waals surface area (Å²) in [6.45, 7) is 15.3. The molecule has 3 aliphatic rings. The van der Waals surface area contributed by atoms with Crippen LogP contribution in [0, 0.1) is 6.92 Å². The average Bonchev–Trinajstić information content (AvgIpc) is 3.78. The largest absolute Gasteiger partial charge is 0.505 e. The van der Waals surface area contributed by atoms with E-state index in [4.69, 9.17) is 9.52 Å². The van der Waals surface area contributed by atoms with Crippen LogP contribution in [-0.2, 0) is 11.8 Å². The van der Waals surface area contributed by atoms with Crippen LogP contribution in [0.2, 0.25) is 0 Å². The van der Waals surface area contributed by atoms with Gasteiger partial charge in [-0.2, -0.15) is 0 Å². The number of aromatic carboxylic acids is 1. The number of aromatic amines is 1. The Morgan fingerprint density at radius 1 is 0.894 bits per heavy atom. The second-order valence-corrected chi connectivity index (χ2v) is 12.3. The van der Waals surface area contributed by atoms with Gasteiger partial charge in [-0.05, 0) is 72.7 Å². The van der Waals surface area contributed by atoms with Gasteiger partial charge >= 0.3 is 5.97 Å². The third-order valence-electron chi connectivity index (χ3n) is 8.41. The lowest BCUT2D eigenvalue weighted by Crippen LogP contribution is -2.39. The predicted molar refractivity (Wildman–Crippen MR) is 181 cm³/mol. The summed E-state index contributed by atoms with van der Waals surface area (Å²) in [5, 5.41) is 43.9. The molecule has 2 fully saturated rings. The first kappa shape index (κ1) is 33.8. The van der Waals surface area contributed by atoms with Crippen molar-refractivity contribution < 1.29 is 19.4 Å². The zero-order valence-corrected chi connectivity index (χ0v) is 27.2. The number of phenolic OH excluding ortho intramolecular Hbond substituents is 1. The minimum Gasteiger partial charge on any atom is -0.505 e. The molecule has 0 unspecified atom stereocenters. The molecule has 7 N–H and O–H groups in total. The standard InChI is InChI=1S/C26H24N4O5.2C4H10N2/c1-14-22(24(32)30(29-14)16-8-7-15-11-12-26(2,3)18(15)13-16)28-27-19-6-4-5-17(23(19)31)20-9-10-21(35-20)25(33)34;2*1-2-6-4-3-5-1/h4-10,13,29,31H,11-12H2,1-3H3,(H,33,34);2*5-6H,1-4H2. The molecule has 0 spiro atoms. The van der Waals surface area contributed by atoms with Crippen LogP contribution in [0.4, 0.5) is 11.4 Å². The number of carbonyl (C=O) groups is 1. The quantitative estimate of drug-likeness (QED) is 0.157. The number of nitrogens with zero attached hydrogens (tertiary/aromatic N) is 3. The van der Waals surface area contributed by atoms with E-state index in [0.29, 0.717) is 5.69 Å². The Balaban J connectivity index is 0.000000301. The van der Waals surface area contributed by atoms with Gasteiger partial charge < -0.3 is 35.9 Å². The Kier molecular flexibility index (Phi) is 11.0. The molecule has 250 valence electrons. The van der Waals surface area contributed by atoms with Gasteiger partial charge in [0, 0.05) is 52.4 Å². The molecule has 2 aromatic carbocycles. The lowest BCUT2D eigenvalue weighted by Gasteiger charge is -2.19. The fraction of sp³-hybridized carbons (Fsp3) is 0.412. The van der Waals surface area contributed by atoms with E-state index in [-0.39, 0.29) is 45.2 Å². The SMILES string of the molecule is C1CNCCN1.C1CNCCN1.Cc1[nH]n(-c2ccc3c(c2)C(C)(C)CC3)c(=O)c1N=Nc1cccc(-c2ccc(C(=O)O)o2)c1O. The summed E-state index contributed by atoms with van der Waals surface area (Å²) < 4.78 is 6.73. The lowest BCUT2D eigenvalue weighted by atomic mass is 9.86. The molecule has 0 atom stereocenters. The second-order valence-electron chi connectivity index (χ2n) is 12.3. The number of para-hydroxylation sites is 1. The smallest absolute Gasteiger partial charge is 0.371 e. The van der Waals surface area contributed by atoms with E-state index in [2.05, 4.69) is 56.5 Å². The zero-order valence-electron chi connectivity index (χ0n) is 27.2. The molecule has 0 radical (unpaired) electrons. The van der Waals surface area contributed by atoms with Gasteiger partial charge in [0.25, 0.3) is 5.56 Å². The first-order valence-corrected chi connectivity index (χ1v) is 16.0. The molecule has 7 rings (SSSR count). The molecule has 13 nitrogen and oxygen atoms in total. The molecule has 2 aliphatic heterocycles. The van der Waals surface area contributed by atoms with E-state index >= 15 is 0 Å². The maximum Gasteiger partial charge on any atom is 0.371 e. The highest BCUT2D eigenvalue weighted by Gasteiger charge is 2.30. The second kappa shape index (κ2) is 15.4. The minimum absolute atomic E-state index is 0.0564. The fourth-order valence-electron chi connectivity index (χ4n) is 5.69. The number of furan rings is 1. The van der Waals surface area contributed by atoms with Crippen LogP contribution >= 0.6 is 0 Å². The molecule has 4 heterocycles. The number of phenols is 1. The highest BCUT2D eigenvalue weighted by molar-refractivity contribution is 5.85. The van der Waals surface area contributed by atoms with Crippen molar-refractivity contribution in [1.82, 2.24) is 31.0 Å². The van der Waals surface area contributed by atoms with E-state index in [0.717, 1.165) is 70.9 Å².